The summed E-state index contributed by atoms with van der Waals surface area (Å²) >= 11 is 3.80. The Balaban J connectivity index is 1.89. The molecule has 3 aliphatic carbocycles. The zero-order valence-electron chi connectivity index (χ0n) is 6.66. The quantitative estimate of drug-likeness (QED) is 0.611. The molecule has 0 aromatic rings. The van der Waals surface area contributed by atoms with Crippen LogP contribution in [0.5, 0.6) is 0 Å². The van der Waals surface area contributed by atoms with Crippen molar-refractivity contribution in [3.05, 3.63) is 0 Å². The molecule has 11 heavy (non-hydrogen) atoms. The lowest BCUT2D eigenvalue weighted by molar-refractivity contribution is 0.0530. The average Bonchev–Trinajstić information content (AvgIpc) is 2.69. The van der Waals surface area contributed by atoms with E-state index in [4.69, 9.17) is 4.74 Å². The van der Waals surface area contributed by atoms with Crippen LogP contribution in [-0.2, 0) is 4.74 Å². The molecule has 0 N–H and O–H groups in total. The van der Waals surface area contributed by atoms with Gasteiger partial charge < -0.3 is 4.74 Å². The van der Waals surface area contributed by atoms with Gasteiger partial charge in [0.15, 0.2) is 0 Å². The number of halogens is 1. The van der Waals surface area contributed by atoms with Gasteiger partial charge in [0.1, 0.15) is 0 Å². The standard InChI is InChI=1S/C9H13BrO/c1-11-7-3-6-4-2-5(4)8(7)9(6)10/h4-9H,2-3H2,1H3. The molecule has 2 bridgehead atoms. The van der Waals surface area contributed by atoms with Crippen LogP contribution in [0.3, 0.4) is 0 Å². The van der Waals surface area contributed by atoms with Crippen molar-refractivity contribution in [2.75, 3.05) is 7.11 Å². The summed E-state index contributed by atoms with van der Waals surface area (Å²) in [4.78, 5) is 0.788. The molecule has 0 heterocycles. The van der Waals surface area contributed by atoms with Crippen LogP contribution >= 0.6 is 15.9 Å². The number of ether oxygens (including phenoxy) is 1. The van der Waals surface area contributed by atoms with E-state index in [2.05, 4.69) is 15.9 Å². The normalized spacial score (nSPS) is 64.9. The summed E-state index contributed by atoms with van der Waals surface area (Å²) in [5.41, 5.74) is 0. The summed E-state index contributed by atoms with van der Waals surface area (Å²) in [6.07, 6.45) is 3.39. The molecule has 0 aromatic heterocycles. The number of hydrogen-bond donors (Lipinski definition) is 0. The van der Waals surface area contributed by atoms with Gasteiger partial charge in [-0.05, 0) is 30.6 Å². The van der Waals surface area contributed by atoms with E-state index in [0.717, 1.165) is 28.5 Å². The second-order valence-electron chi connectivity index (χ2n) is 4.26. The SMILES string of the molecule is COC1CC2C(Br)C1C1CC21. The molecule has 0 radical (unpaired) electrons. The Kier molecular flexibility index (Phi) is 1.27. The van der Waals surface area contributed by atoms with Gasteiger partial charge in [0.25, 0.3) is 0 Å². The summed E-state index contributed by atoms with van der Waals surface area (Å²) < 4.78 is 5.48. The zero-order valence-corrected chi connectivity index (χ0v) is 8.25. The maximum Gasteiger partial charge on any atom is 0.0616 e. The van der Waals surface area contributed by atoms with Crippen LogP contribution in [0.1, 0.15) is 12.8 Å². The Bertz CT molecular complexity index is 194. The summed E-state index contributed by atoms with van der Waals surface area (Å²) in [6, 6.07) is 0. The summed E-state index contributed by atoms with van der Waals surface area (Å²) in [6.45, 7) is 0. The van der Waals surface area contributed by atoms with Crippen LogP contribution in [-0.4, -0.2) is 18.0 Å². The fraction of sp³-hybridized carbons (Fsp3) is 1.00. The van der Waals surface area contributed by atoms with Crippen LogP contribution in [0.4, 0.5) is 0 Å². The molecule has 2 heteroatoms. The third kappa shape index (κ3) is 0.707. The summed E-state index contributed by atoms with van der Waals surface area (Å²) in [5.74, 6) is 3.92. The topological polar surface area (TPSA) is 9.23 Å². The molecule has 3 saturated carbocycles. The minimum absolute atomic E-state index is 0.577. The van der Waals surface area contributed by atoms with Gasteiger partial charge >= 0.3 is 0 Å². The van der Waals surface area contributed by atoms with E-state index in [0.29, 0.717) is 6.10 Å². The molecule has 6 atom stereocenters. The molecule has 6 unspecified atom stereocenters. The lowest BCUT2D eigenvalue weighted by Crippen LogP contribution is -2.22. The Hall–Kier alpha value is 0.440. The molecule has 0 aliphatic heterocycles. The van der Waals surface area contributed by atoms with Crippen molar-refractivity contribution in [1.29, 1.82) is 0 Å². The maximum atomic E-state index is 5.48. The van der Waals surface area contributed by atoms with Crippen LogP contribution in [0.25, 0.3) is 0 Å². The molecule has 0 aromatic carbocycles. The fourth-order valence-electron chi connectivity index (χ4n) is 3.39. The first-order valence-corrected chi connectivity index (χ1v) is 5.41. The van der Waals surface area contributed by atoms with E-state index < -0.39 is 0 Å². The van der Waals surface area contributed by atoms with E-state index in [1.807, 2.05) is 7.11 Å². The second kappa shape index (κ2) is 2.02. The van der Waals surface area contributed by atoms with E-state index in [1.165, 1.54) is 12.8 Å². The molecule has 0 saturated heterocycles. The maximum absolute atomic E-state index is 5.48. The first kappa shape index (κ1) is 6.90. The number of alkyl halides is 1. The van der Waals surface area contributed by atoms with Crippen molar-refractivity contribution in [2.24, 2.45) is 23.7 Å². The van der Waals surface area contributed by atoms with Crippen LogP contribution in [0.2, 0.25) is 0 Å². The molecule has 0 spiro atoms. The lowest BCUT2D eigenvalue weighted by atomic mass is 9.98. The predicted molar refractivity (Wildman–Crippen MR) is 46.7 cm³/mol. The Morgan fingerprint density at radius 1 is 1.18 bits per heavy atom. The summed E-state index contributed by atoms with van der Waals surface area (Å²) in [7, 11) is 1.86. The predicted octanol–water partition coefficient (Wildman–Crippen LogP) is 2.05. The van der Waals surface area contributed by atoms with Crippen molar-refractivity contribution in [2.45, 2.75) is 23.8 Å². The minimum Gasteiger partial charge on any atom is -0.381 e. The highest BCUT2D eigenvalue weighted by Crippen LogP contribution is 2.68. The Labute approximate surface area is 75.6 Å². The van der Waals surface area contributed by atoms with Gasteiger partial charge in [0, 0.05) is 17.9 Å². The monoisotopic (exact) mass is 216 g/mol. The average molecular weight is 217 g/mol. The van der Waals surface area contributed by atoms with Gasteiger partial charge in [0.2, 0.25) is 0 Å². The van der Waals surface area contributed by atoms with Crippen LogP contribution < -0.4 is 0 Å². The third-order valence-electron chi connectivity index (χ3n) is 3.95. The molecule has 3 rings (SSSR count). The van der Waals surface area contributed by atoms with E-state index in [1.54, 1.807) is 0 Å². The van der Waals surface area contributed by atoms with Crippen molar-refractivity contribution >= 4 is 15.9 Å². The van der Waals surface area contributed by atoms with Gasteiger partial charge in [-0.3, -0.25) is 0 Å². The molecule has 62 valence electrons. The van der Waals surface area contributed by atoms with Gasteiger partial charge in [-0.25, -0.2) is 0 Å². The van der Waals surface area contributed by atoms with Gasteiger partial charge in [-0.15, -0.1) is 0 Å². The largest absolute Gasteiger partial charge is 0.381 e. The van der Waals surface area contributed by atoms with Crippen LogP contribution in [0.15, 0.2) is 0 Å². The van der Waals surface area contributed by atoms with E-state index in [9.17, 15) is 0 Å². The molecule has 1 nitrogen and oxygen atoms in total. The first-order chi connectivity index (χ1) is 5.33. The van der Waals surface area contributed by atoms with Crippen molar-refractivity contribution < 1.29 is 4.74 Å². The van der Waals surface area contributed by atoms with Crippen molar-refractivity contribution in [3.8, 4) is 0 Å². The van der Waals surface area contributed by atoms with Gasteiger partial charge in [-0.1, -0.05) is 15.9 Å². The molecule has 3 aliphatic rings. The Morgan fingerprint density at radius 2 is 2.00 bits per heavy atom. The first-order valence-electron chi connectivity index (χ1n) is 4.50. The highest BCUT2D eigenvalue weighted by molar-refractivity contribution is 9.09. The lowest BCUT2D eigenvalue weighted by Gasteiger charge is -2.19. The smallest absolute Gasteiger partial charge is 0.0616 e. The van der Waals surface area contributed by atoms with Crippen molar-refractivity contribution in [3.63, 3.8) is 0 Å². The number of fused-ring (bicyclic) bond motifs is 5. The third-order valence-corrected chi connectivity index (χ3v) is 5.24. The summed E-state index contributed by atoms with van der Waals surface area (Å²) in [5, 5.41) is 0. The zero-order chi connectivity index (χ0) is 7.59. The fourth-order valence-corrected chi connectivity index (χ4v) is 4.73. The number of methoxy groups -OCH3 is 1. The van der Waals surface area contributed by atoms with Crippen molar-refractivity contribution in [1.82, 2.24) is 0 Å². The Morgan fingerprint density at radius 3 is 2.55 bits per heavy atom. The molecule has 3 fully saturated rings. The minimum atomic E-state index is 0.577. The molecule has 0 amide bonds. The highest BCUT2D eigenvalue weighted by atomic mass is 79.9. The second-order valence-corrected chi connectivity index (χ2v) is 5.32. The van der Waals surface area contributed by atoms with Gasteiger partial charge in [-0.2, -0.15) is 0 Å². The number of hydrogen-bond acceptors (Lipinski definition) is 1. The highest BCUT2D eigenvalue weighted by Gasteiger charge is 2.65. The van der Waals surface area contributed by atoms with E-state index >= 15 is 0 Å². The number of rotatable bonds is 1. The molecular weight excluding hydrogens is 204 g/mol. The van der Waals surface area contributed by atoms with E-state index in [-0.39, 0.29) is 0 Å². The van der Waals surface area contributed by atoms with Crippen LogP contribution in [0, 0.1) is 23.7 Å². The molecular formula is C9H13BrO. The van der Waals surface area contributed by atoms with Gasteiger partial charge in [0.05, 0.1) is 6.10 Å².